The van der Waals surface area contributed by atoms with Gasteiger partial charge in [-0.05, 0) is 27.6 Å². The van der Waals surface area contributed by atoms with Gasteiger partial charge in [-0.2, -0.15) is 0 Å². The van der Waals surface area contributed by atoms with Gasteiger partial charge >= 0.3 is 0 Å². The zero-order valence-corrected chi connectivity index (χ0v) is 15.2. The lowest BCUT2D eigenvalue weighted by atomic mass is 9.99. The molecule has 0 fully saturated rings. The van der Waals surface area contributed by atoms with Gasteiger partial charge in [0.25, 0.3) is 0 Å². The lowest BCUT2D eigenvalue weighted by Gasteiger charge is -2.19. The molecule has 1 aliphatic rings. The van der Waals surface area contributed by atoms with E-state index in [4.69, 9.17) is 11.6 Å². The van der Waals surface area contributed by atoms with Crippen LogP contribution in [0.25, 0.3) is 21.5 Å². The number of amidine groups is 2. The molecule has 0 aromatic heterocycles. The summed E-state index contributed by atoms with van der Waals surface area (Å²) < 4.78 is 0. The lowest BCUT2D eigenvalue weighted by Crippen LogP contribution is -2.36. The molecular weight excluding hydrogens is 354 g/mol. The number of aliphatic imine (C=N–C) groups is 2. The Morgan fingerprint density at radius 1 is 0.630 bits per heavy atom. The first-order valence-corrected chi connectivity index (χ1v) is 9.26. The molecule has 0 aliphatic carbocycles. The highest BCUT2D eigenvalue weighted by atomic mass is 35.5. The standard InChI is InChI=1S/C23H16ClN3/c24-23-26-21(17-7-2-1-3-8-17)25-22(27-23)18-13-12-16-11-10-15-6-4-5-9-19(15)20(16)14-18/h1-14,23H,(H,25,26,27). The Morgan fingerprint density at radius 2 is 1.26 bits per heavy atom. The Hall–Kier alpha value is -3.17. The summed E-state index contributed by atoms with van der Waals surface area (Å²) in [6.45, 7) is 0. The molecule has 0 spiro atoms. The normalized spacial score (nSPS) is 16.7. The largest absolute Gasteiger partial charge is 0.324 e. The Morgan fingerprint density at radius 3 is 2.07 bits per heavy atom. The van der Waals surface area contributed by atoms with E-state index < -0.39 is 5.62 Å². The SMILES string of the molecule is ClC1N=C(c2ccccc2)NC(c2ccc3ccc4ccccc4c3c2)=N1. The number of nitrogens with zero attached hydrogens (tertiary/aromatic N) is 2. The molecule has 1 aliphatic heterocycles. The highest BCUT2D eigenvalue weighted by Gasteiger charge is 2.17. The van der Waals surface area contributed by atoms with Gasteiger partial charge < -0.3 is 5.32 Å². The van der Waals surface area contributed by atoms with E-state index in [2.05, 4.69) is 69.9 Å². The summed E-state index contributed by atoms with van der Waals surface area (Å²) in [6.07, 6.45) is 0. The fourth-order valence-corrected chi connectivity index (χ4v) is 3.65. The summed E-state index contributed by atoms with van der Waals surface area (Å²) in [5.74, 6) is 1.47. The minimum absolute atomic E-state index is 0.639. The van der Waals surface area contributed by atoms with E-state index in [1.54, 1.807) is 0 Å². The molecular formula is C23H16ClN3. The Labute approximate surface area is 162 Å². The summed E-state index contributed by atoms with van der Waals surface area (Å²) in [5.41, 5.74) is 1.34. The Bertz CT molecular complexity index is 1210. The molecule has 0 saturated carbocycles. The quantitative estimate of drug-likeness (QED) is 0.290. The van der Waals surface area contributed by atoms with Crippen LogP contribution in [0.15, 0.2) is 94.9 Å². The van der Waals surface area contributed by atoms with E-state index in [0.717, 1.165) is 22.8 Å². The number of hydrogen-bond acceptors (Lipinski definition) is 3. The molecule has 4 aromatic carbocycles. The highest BCUT2D eigenvalue weighted by molar-refractivity contribution is 6.25. The van der Waals surface area contributed by atoms with E-state index in [1.807, 2.05) is 30.3 Å². The van der Waals surface area contributed by atoms with Gasteiger partial charge in [0.2, 0.25) is 5.62 Å². The number of alkyl halides is 1. The second-order valence-corrected chi connectivity index (χ2v) is 6.87. The van der Waals surface area contributed by atoms with E-state index in [-0.39, 0.29) is 0 Å². The van der Waals surface area contributed by atoms with E-state index >= 15 is 0 Å². The smallest absolute Gasteiger partial charge is 0.219 e. The van der Waals surface area contributed by atoms with Crippen molar-refractivity contribution in [3.05, 3.63) is 96.1 Å². The van der Waals surface area contributed by atoms with Gasteiger partial charge in [0, 0.05) is 11.1 Å². The first kappa shape index (κ1) is 16.0. The molecule has 0 saturated heterocycles. The third kappa shape index (κ3) is 2.96. The molecule has 130 valence electrons. The molecule has 0 amide bonds. The molecule has 0 radical (unpaired) electrons. The van der Waals surface area contributed by atoms with Crippen molar-refractivity contribution >= 4 is 44.8 Å². The van der Waals surface area contributed by atoms with Gasteiger partial charge in [-0.15, -0.1) is 0 Å². The predicted molar refractivity (Wildman–Crippen MR) is 114 cm³/mol. The van der Waals surface area contributed by atoms with Crippen LogP contribution in [-0.2, 0) is 0 Å². The van der Waals surface area contributed by atoms with Gasteiger partial charge in [0.1, 0.15) is 11.7 Å². The molecule has 27 heavy (non-hydrogen) atoms. The van der Waals surface area contributed by atoms with Crippen LogP contribution in [-0.4, -0.2) is 17.3 Å². The molecule has 1 atom stereocenters. The van der Waals surface area contributed by atoms with Crippen LogP contribution in [0.5, 0.6) is 0 Å². The summed E-state index contributed by atoms with van der Waals surface area (Å²) in [5, 5.41) is 8.20. The summed E-state index contributed by atoms with van der Waals surface area (Å²) >= 11 is 6.30. The number of nitrogens with one attached hydrogen (secondary N) is 1. The third-order valence-corrected chi connectivity index (χ3v) is 4.97. The van der Waals surface area contributed by atoms with E-state index in [9.17, 15) is 0 Å². The van der Waals surface area contributed by atoms with Crippen LogP contribution >= 0.6 is 11.6 Å². The number of benzene rings is 4. The van der Waals surface area contributed by atoms with Crippen molar-refractivity contribution in [3.8, 4) is 0 Å². The van der Waals surface area contributed by atoms with Gasteiger partial charge in [0.05, 0.1) is 0 Å². The average molecular weight is 370 g/mol. The maximum Gasteiger partial charge on any atom is 0.219 e. The van der Waals surface area contributed by atoms with Crippen molar-refractivity contribution in [3.63, 3.8) is 0 Å². The van der Waals surface area contributed by atoms with Crippen LogP contribution in [0.1, 0.15) is 11.1 Å². The zero-order chi connectivity index (χ0) is 18.2. The molecule has 1 N–H and O–H groups in total. The Balaban J connectivity index is 1.60. The first-order chi connectivity index (χ1) is 13.3. The summed E-state index contributed by atoms with van der Waals surface area (Å²) in [4.78, 5) is 8.92. The van der Waals surface area contributed by atoms with Gasteiger partial charge in [-0.3, -0.25) is 0 Å². The fourth-order valence-electron chi connectivity index (χ4n) is 3.46. The van der Waals surface area contributed by atoms with Crippen molar-refractivity contribution in [2.45, 2.75) is 5.62 Å². The number of rotatable bonds is 2. The number of halogens is 1. The number of hydrogen-bond donors (Lipinski definition) is 1. The molecule has 4 heteroatoms. The van der Waals surface area contributed by atoms with Crippen LogP contribution in [0.2, 0.25) is 0 Å². The topological polar surface area (TPSA) is 36.8 Å². The van der Waals surface area contributed by atoms with Crippen LogP contribution in [0.4, 0.5) is 0 Å². The van der Waals surface area contributed by atoms with Crippen molar-refractivity contribution in [2.75, 3.05) is 0 Å². The Kier molecular flexibility index (Phi) is 3.88. The van der Waals surface area contributed by atoms with Crippen molar-refractivity contribution < 1.29 is 0 Å². The van der Waals surface area contributed by atoms with Crippen LogP contribution in [0, 0.1) is 0 Å². The van der Waals surface area contributed by atoms with E-state index in [1.165, 1.54) is 21.5 Å². The minimum atomic E-state index is -0.639. The number of fused-ring (bicyclic) bond motifs is 3. The van der Waals surface area contributed by atoms with Crippen molar-refractivity contribution in [1.29, 1.82) is 0 Å². The van der Waals surface area contributed by atoms with Gasteiger partial charge in [0.15, 0.2) is 0 Å². The second kappa shape index (κ2) is 6.53. The molecule has 5 rings (SSSR count). The van der Waals surface area contributed by atoms with Gasteiger partial charge in [-0.1, -0.05) is 90.5 Å². The van der Waals surface area contributed by atoms with Crippen molar-refractivity contribution in [2.24, 2.45) is 9.98 Å². The second-order valence-electron chi connectivity index (χ2n) is 6.48. The average Bonchev–Trinajstić information content (AvgIpc) is 2.73. The van der Waals surface area contributed by atoms with Crippen LogP contribution < -0.4 is 5.32 Å². The summed E-state index contributed by atoms with van der Waals surface area (Å²) in [7, 11) is 0. The maximum atomic E-state index is 6.30. The van der Waals surface area contributed by atoms with Crippen molar-refractivity contribution in [1.82, 2.24) is 5.32 Å². The molecule has 0 bridgehead atoms. The third-order valence-electron chi connectivity index (χ3n) is 4.78. The molecule has 3 nitrogen and oxygen atoms in total. The fraction of sp³-hybridized carbons (Fsp3) is 0.0435. The first-order valence-electron chi connectivity index (χ1n) is 8.82. The monoisotopic (exact) mass is 369 g/mol. The molecule has 4 aromatic rings. The zero-order valence-electron chi connectivity index (χ0n) is 14.4. The molecule has 1 unspecified atom stereocenters. The summed E-state index contributed by atoms with van der Waals surface area (Å²) in [6, 6.07) is 29.0. The van der Waals surface area contributed by atoms with Gasteiger partial charge in [-0.25, -0.2) is 9.98 Å². The maximum absolute atomic E-state index is 6.30. The van der Waals surface area contributed by atoms with Crippen LogP contribution in [0.3, 0.4) is 0 Å². The molecule has 1 heterocycles. The lowest BCUT2D eigenvalue weighted by molar-refractivity contribution is 0.927. The highest BCUT2D eigenvalue weighted by Crippen LogP contribution is 2.27. The predicted octanol–water partition coefficient (Wildman–Crippen LogP) is 5.31. The van der Waals surface area contributed by atoms with E-state index in [0.29, 0.717) is 0 Å². The minimum Gasteiger partial charge on any atom is -0.324 e.